The highest BCUT2D eigenvalue weighted by Gasteiger charge is 2.22. The minimum Gasteiger partial charge on any atom is -0.397 e. The van der Waals surface area contributed by atoms with Gasteiger partial charge in [0.25, 0.3) is 0 Å². The molecule has 1 aromatic rings. The Hall–Kier alpha value is -1.01. The third-order valence-corrected chi connectivity index (χ3v) is 3.30. The van der Waals surface area contributed by atoms with Crippen LogP contribution in [0.15, 0.2) is 12.1 Å². The van der Waals surface area contributed by atoms with Crippen LogP contribution in [0.1, 0.15) is 18.6 Å². The molecule has 5 nitrogen and oxygen atoms in total. The fourth-order valence-corrected chi connectivity index (χ4v) is 1.83. The van der Waals surface area contributed by atoms with Crippen LogP contribution in [0.25, 0.3) is 0 Å². The average molecular weight is 293 g/mol. The summed E-state index contributed by atoms with van der Waals surface area (Å²) in [6.07, 6.45) is -2.45. The second-order valence-electron chi connectivity index (χ2n) is 3.82. The molecule has 7 heteroatoms. The third kappa shape index (κ3) is 3.49. The molecule has 1 aromatic carbocycles. The Balaban J connectivity index is 2.86. The molecule has 0 bridgehead atoms. The lowest BCUT2D eigenvalue weighted by Crippen LogP contribution is -2.34. The standard InChI is InChI=1S/C11H14Cl2N2O3/c1-5(16)15-4-8(17)11(18)6-2-3-7(14)10(13)9(6)12/h2-3,8,11,17-18H,4,14H2,1H3,(H,15,16). The highest BCUT2D eigenvalue weighted by molar-refractivity contribution is 6.44. The summed E-state index contributed by atoms with van der Waals surface area (Å²) in [5.74, 6) is -0.303. The Labute approximate surface area is 115 Å². The van der Waals surface area contributed by atoms with E-state index in [2.05, 4.69) is 5.32 Å². The predicted octanol–water partition coefficient (Wildman–Crippen LogP) is 1.11. The lowest BCUT2D eigenvalue weighted by atomic mass is 10.0. The van der Waals surface area contributed by atoms with E-state index in [9.17, 15) is 15.0 Å². The molecular formula is C11H14Cl2N2O3. The van der Waals surface area contributed by atoms with Gasteiger partial charge in [-0.3, -0.25) is 4.79 Å². The largest absolute Gasteiger partial charge is 0.397 e. The van der Waals surface area contributed by atoms with Gasteiger partial charge in [-0.25, -0.2) is 0 Å². The van der Waals surface area contributed by atoms with Crippen molar-refractivity contribution in [1.29, 1.82) is 0 Å². The molecule has 0 aliphatic rings. The zero-order chi connectivity index (χ0) is 13.9. The Morgan fingerprint density at radius 2 is 2.00 bits per heavy atom. The van der Waals surface area contributed by atoms with Gasteiger partial charge in [0.1, 0.15) is 12.2 Å². The number of carbonyl (C=O) groups excluding carboxylic acids is 1. The fraction of sp³-hybridized carbons (Fsp3) is 0.364. The summed E-state index contributed by atoms with van der Waals surface area (Å²) in [6, 6.07) is 2.96. The van der Waals surface area contributed by atoms with E-state index in [0.717, 1.165) is 0 Å². The molecule has 0 aromatic heterocycles. The highest BCUT2D eigenvalue weighted by atomic mass is 35.5. The van der Waals surface area contributed by atoms with Gasteiger partial charge >= 0.3 is 0 Å². The SMILES string of the molecule is CC(=O)NCC(O)C(O)c1ccc(N)c(Cl)c1Cl. The Bertz CT molecular complexity index is 454. The number of rotatable bonds is 4. The number of hydrogen-bond donors (Lipinski definition) is 4. The van der Waals surface area contributed by atoms with Gasteiger partial charge < -0.3 is 21.3 Å². The van der Waals surface area contributed by atoms with E-state index in [-0.39, 0.29) is 33.7 Å². The minimum absolute atomic E-state index is 0.0885. The molecule has 0 aliphatic carbocycles. The van der Waals surface area contributed by atoms with Crippen molar-refractivity contribution < 1.29 is 15.0 Å². The third-order valence-electron chi connectivity index (χ3n) is 2.39. The summed E-state index contributed by atoms with van der Waals surface area (Å²) in [4.78, 5) is 10.7. The van der Waals surface area contributed by atoms with Crippen molar-refractivity contribution in [2.75, 3.05) is 12.3 Å². The summed E-state index contributed by atoms with van der Waals surface area (Å²) in [5, 5.41) is 22.2. The number of aliphatic hydroxyl groups is 2. The maximum absolute atomic E-state index is 10.7. The number of halogens is 2. The van der Waals surface area contributed by atoms with Crippen molar-refractivity contribution in [3.8, 4) is 0 Å². The van der Waals surface area contributed by atoms with E-state index in [1.54, 1.807) is 0 Å². The second-order valence-corrected chi connectivity index (χ2v) is 4.58. The van der Waals surface area contributed by atoms with Crippen molar-refractivity contribution in [3.05, 3.63) is 27.7 Å². The summed E-state index contributed by atoms with van der Waals surface area (Å²) < 4.78 is 0. The first kappa shape index (κ1) is 15.0. The summed E-state index contributed by atoms with van der Waals surface area (Å²) in [7, 11) is 0. The van der Waals surface area contributed by atoms with Crippen LogP contribution in [0.2, 0.25) is 10.0 Å². The summed E-state index contributed by atoms with van der Waals surface area (Å²) in [5.41, 5.74) is 6.09. The first-order chi connectivity index (χ1) is 8.34. The monoisotopic (exact) mass is 292 g/mol. The Morgan fingerprint density at radius 1 is 1.39 bits per heavy atom. The van der Waals surface area contributed by atoms with Crippen molar-refractivity contribution >= 4 is 34.8 Å². The minimum atomic E-state index is -1.26. The van der Waals surface area contributed by atoms with Crippen LogP contribution in [0.4, 0.5) is 5.69 Å². The Morgan fingerprint density at radius 3 is 2.56 bits per heavy atom. The maximum Gasteiger partial charge on any atom is 0.216 e. The van der Waals surface area contributed by atoms with Crippen LogP contribution in [0.5, 0.6) is 0 Å². The molecule has 5 N–H and O–H groups in total. The van der Waals surface area contributed by atoms with E-state index < -0.39 is 12.2 Å². The van der Waals surface area contributed by atoms with Crippen LogP contribution in [0, 0.1) is 0 Å². The van der Waals surface area contributed by atoms with Gasteiger partial charge in [0.2, 0.25) is 5.91 Å². The number of carbonyl (C=O) groups is 1. The second kappa shape index (κ2) is 6.24. The van der Waals surface area contributed by atoms with Gasteiger partial charge in [-0.15, -0.1) is 0 Å². The molecular weight excluding hydrogens is 279 g/mol. The topological polar surface area (TPSA) is 95.6 Å². The van der Waals surface area contributed by atoms with Gasteiger partial charge in [-0.05, 0) is 6.07 Å². The molecule has 1 amide bonds. The van der Waals surface area contributed by atoms with Crippen molar-refractivity contribution in [1.82, 2.24) is 5.32 Å². The molecule has 0 saturated heterocycles. The number of amides is 1. The van der Waals surface area contributed by atoms with Crippen LogP contribution in [-0.4, -0.2) is 28.8 Å². The first-order valence-corrected chi connectivity index (χ1v) is 5.94. The molecule has 18 heavy (non-hydrogen) atoms. The number of nitrogen functional groups attached to an aromatic ring is 1. The van der Waals surface area contributed by atoms with Crippen LogP contribution in [-0.2, 0) is 4.79 Å². The molecule has 0 spiro atoms. The predicted molar refractivity (Wildman–Crippen MR) is 70.5 cm³/mol. The molecule has 0 fully saturated rings. The van der Waals surface area contributed by atoms with E-state index in [1.807, 2.05) is 0 Å². The van der Waals surface area contributed by atoms with Crippen LogP contribution >= 0.6 is 23.2 Å². The number of nitrogens with two attached hydrogens (primary N) is 1. The first-order valence-electron chi connectivity index (χ1n) is 5.18. The lowest BCUT2D eigenvalue weighted by Gasteiger charge is -2.20. The zero-order valence-corrected chi connectivity index (χ0v) is 11.2. The molecule has 0 aliphatic heterocycles. The van der Waals surface area contributed by atoms with Gasteiger partial charge in [0.05, 0.1) is 15.7 Å². The van der Waals surface area contributed by atoms with Crippen molar-refractivity contribution in [2.45, 2.75) is 19.1 Å². The number of anilines is 1. The highest BCUT2D eigenvalue weighted by Crippen LogP contribution is 2.35. The molecule has 1 rings (SSSR count). The average Bonchev–Trinajstić information content (AvgIpc) is 2.32. The molecule has 2 unspecified atom stereocenters. The number of nitrogens with one attached hydrogen (secondary N) is 1. The maximum atomic E-state index is 10.7. The van der Waals surface area contributed by atoms with E-state index in [0.29, 0.717) is 0 Å². The quantitative estimate of drug-likeness (QED) is 0.625. The Kier molecular flexibility index (Phi) is 5.22. The number of benzene rings is 1. The summed E-state index contributed by atoms with van der Waals surface area (Å²) in [6.45, 7) is 1.22. The van der Waals surface area contributed by atoms with Crippen LogP contribution in [0.3, 0.4) is 0 Å². The van der Waals surface area contributed by atoms with Crippen molar-refractivity contribution in [3.63, 3.8) is 0 Å². The van der Waals surface area contributed by atoms with E-state index >= 15 is 0 Å². The number of hydrogen-bond acceptors (Lipinski definition) is 4. The smallest absolute Gasteiger partial charge is 0.216 e. The summed E-state index contributed by atoms with van der Waals surface area (Å²) >= 11 is 11.8. The molecule has 0 heterocycles. The molecule has 0 saturated carbocycles. The number of aliphatic hydroxyl groups excluding tert-OH is 2. The fourth-order valence-electron chi connectivity index (χ4n) is 1.37. The van der Waals surface area contributed by atoms with Gasteiger partial charge in [0.15, 0.2) is 0 Å². The molecule has 2 atom stereocenters. The normalized spacial score (nSPS) is 14.1. The van der Waals surface area contributed by atoms with Gasteiger partial charge in [0, 0.05) is 19.0 Å². The van der Waals surface area contributed by atoms with Crippen LogP contribution < -0.4 is 11.1 Å². The lowest BCUT2D eigenvalue weighted by molar-refractivity contribution is -0.119. The molecule has 100 valence electrons. The molecule has 0 radical (unpaired) electrons. The van der Waals surface area contributed by atoms with Gasteiger partial charge in [-0.1, -0.05) is 29.3 Å². The van der Waals surface area contributed by atoms with E-state index in [4.69, 9.17) is 28.9 Å². The zero-order valence-electron chi connectivity index (χ0n) is 9.65. The van der Waals surface area contributed by atoms with E-state index in [1.165, 1.54) is 19.1 Å². The van der Waals surface area contributed by atoms with Crippen molar-refractivity contribution in [2.24, 2.45) is 0 Å². The van der Waals surface area contributed by atoms with Gasteiger partial charge in [-0.2, -0.15) is 0 Å².